The van der Waals surface area contributed by atoms with E-state index in [-0.39, 0.29) is 11.4 Å². The van der Waals surface area contributed by atoms with Crippen LogP contribution in [0.4, 0.5) is 0 Å². The number of furan rings is 2. The van der Waals surface area contributed by atoms with Crippen LogP contribution in [0, 0.1) is 0 Å². The van der Waals surface area contributed by atoms with Crippen LogP contribution in [0.1, 0.15) is 58.4 Å². The van der Waals surface area contributed by atoms with Gasteiger partial charge in [0.25, 0.3) is 11.8 Å². The number of nitrogens with one attached hydrogen (secondary N) is 2. The molecule has 11 heteroatoms. The number of hydrogen-bond acceptors (Lipinski definition) is 9. The second kappa shape index (κ2) is 11.5. The maximum atomic E-state index is 12.2. The molecule has 3 aromatic heterocycles. The zero-order valence-electron chi connectivity index (χ0n) is 18.5. The highest BCUT2D eigenvalue weighted by molar-refractivity contribution is 5.93. The van der Waals surface area contributed by atoms with Crippen molar-refractivity contribution in [1.82, 2.24) is 15.6 Å². The number of hydrogen-bond donors (Lipinski definition) is 2. The molecule has 0 bridgehead atoms. The fourth-order valence-corrected chi connectivity index (χ4v) is 2.86. The lowest BCUT2D eigenvalue weighted by atomic mass is 10.2. The van der Waals surface area contributed by atoms with E-state index in [1.54, 1.807) is 38.1 Å². The van der Waals surface area contributed by atoms with E-state index in [2.05, 4.69) is 15.6 Å². The van der Waals surface area contributed by atoms with Crippen molar-refractivity contribution >= 4 is 23.8 Å². The molecular formula is C23H23N3O8. The molecule has 0 aliphatic rings. The third-order valence-corrected chi connectivity index (χ3v) is 4.53. The summed E-state index contributed by atoms with van der Waals surface area (Å²) in [5.74, 6) is -1.78. The Morgan fingerprint density at radius 2 is 1.21 bits per heavy atom. The van der Waals surface area contributed by atoms with Crippen molar-refractivity contribution in [2.24, 2.45) is 0 Å². The van der Waals surface area contributed by atoms with Gasteiger partial charge in [-0.3, -0.25) is 9.59 Å². The van der Waals surface area contributed by atoms with Crippen LogP contribution in [0.2, 0.25) is 0 Å². The molecule has 11 nitrogen and oxygen atoms in total. The van der Waals surface area contributed by atoms with Gasteiger partial charge in [0, 0.05) is 0 Å². The van der Waals surface area contributed by atoms with E-state index in [0.29, 0.717) is 11.5 Å². The number of esters is 2. The zero-order chi connectivity index (χ0) is 24.5. The predicted octanol–water partition coefficient (Wildman–Crippen LogP) is 2.34. The topological polar surface area (TPSA) is 150 Å². The molecule has 0 radical (unpaired) electrons. The molecule has 2 amide bonds. The van der Waals surface area contributed by atoms with Crippen LogP contribution < -0.4 is 10.6 Å². The number of ether oxygens (including phenoxy) is 2. The lowest BCUT2D eigenvalue weighted by molar-refractivity contribution is -0.125. The molecule has 0 saturated heterocycles. The van der Waals surface area contributed by atoms with Gasteiger partial charge in [-0.2, -0.15) is 0 Å². The highest BCUT2D eigenvalue weighted by atomic mass is 16.5. The molecule has 3 heterocycles. The highest BCUT2D eigenvalue weighted by Gasteiger charge is 2.19. The van der Waals surface area contributed by atoms with Gasteiger partial charge in [0.1, 0.15) is 22.9 Å². The molecule has 2 atom stereocenters. The molecule has 178 valence electrons. The van der Waals surface area contributed by atoms with Crippen molar-refractivity contribution in [2.75, 3.05) is 13.2 Å². The van der Waals surface area contributed by atoms with E-state index in [4.69, 9.17) is 18.3 Å². The molecule has 0 aliphatic heterocycles. The second-order valence-electron chi connectivity index (χ2n) is 7.17. The Balaban J connectivity index is 1.46. The van der Waals surface area contributed by atoms with Crippen LogP contribution in [-0.2, 0) is 19.1 Å². The fraction of sp³-hybridized carbons (Fsp3) is 0.261. The van der Waals surface area contributed by atoms with Crippen LogP contribution in [0.25, 0.3) is 0 Å². The van der Waals surface area contributed by atoms with Gasteiger partial charge in [0.05, 0.1) is 24.6 Å². The molecular weight excluding hydrogens is 446 g/mol. The van der Waals surface area contributed by atoms with Crippen LogP contribution in [-0.4, -0.2) is 42.0 Å². The SMILES string of the molecule is C[C@H](NC(=O)COC(=O)c1cccc(C(=O)OCC(=O)N[C@H](C)c2ccco2)n1)c1ccco1. The van der Waals surface area contributed by atoms with Gasteiger partial charge in [-0.05, 0) is 50.2 Å². The van der Waals surface area contributed by atoms with Gasteiger partial charge in [-0.25, -0.2) is 14.6 Å². The molecule has 0 fully saturated rings. The molecule has 0 unspecified atom stereocenters. The lowest BCUT2D eigenvalue weighted by Crippen LogP contribution is -2.31. The van der Waals surface area contributed by atoms with Crippen LogP contribution in [0.15, 0.2) is 63.8 Å². The zero-order valence-corrected chi connectivity index (χ0v) is 18.5. The van der Waals surface area contributed by atoms with E-state index in [1.165, 1.54) is 30.7 Å². The monoisotopic (exact) mass is 469 g/mol. The molecule has 0 spiro atoms. The summed E-state index contributed by atoms with van der Waals surface area (Å²) >= 11 is 0. The number of rotatable bonds is 10. The summed E-state index contributed by atoms with van der Waals surface area (Å²) in [6.45, 7) is 2.34. The van der Waals surface area contributed by atoms with Crippen molar-refractivity contribution in [3.8, 4) is 0 Å². The van der Waals surface area contributed by atoms with Crippen molar-refractivity contribution in [1.29, 1.82) is 0 Å². The van der Waals surface area contributed by atoms with E-state index < -0.39 is 49.1 Å². The number of nitrogens with zero attached hydrogens (tertiary/aromatic N) is 1. The van der Waals surface area contributed by atoms with Crippen molar-refractivity contribution < 1.29 is 37.5 Å². The quantitative estimate of drug-likeness (QED) is 0.426. The number of carbonyl (C=O) groups excluding carboxylic acids is 4. The smallest absolute Gasteiger partial charge is 0.357 e. The fourth-order valence-electron chi connectivity index (χ4n) is 2.86. The second-order valence-corrected chi connectivity index (χ2v) is 7.17. The maximum absolute atomic E-state index is 12.2. The predicted molar refractivity (Wildman–Crippen MR) is 115 cm³/mol. The first-order valence-electron chi connectivity index (χ1n) is 10.3. The van der Waals surface area contributed by atoms with Gasteiger partial charge >= 0.3 is 11.9 Å². The molecule has 0 aliphatic carbocycles. The van der Waals surface area contributed by atoms with Crippen LogP contribution >= 0.6 is 0 Å². The number of carbonyl (C=O) groups is 4. The Morgan fingerprint density at radius 3 is 1.59 bits per heavy atom. The third kappa shape index (κ3) is 6.79. The maximum Gasteiger partial charge on any atom is 0.357 e. The first-order chi connectivity index (χ1) is 16.3. The van der Waals surface area contributed by atoms with E-state index in [0.717, 1.165) is 0 Å². The van der Waals surface area contributed by atoms with E-state index in [9.17, 15) is 19.2 Å². The summed E-state index contributed by atoms with van der Waals surface area (Å²) in [4.78, 5) is 52.3. The Hall–Kier alpha value is -4.41. The average Bonchev–Trinajstić information content (AvgIpc) is 3.55. The van der Waals surface area contributed by atoms with Crippen LogP contribution in [0.3, 0.4) is 0 Å². The summed E-state index contributed by atoms with van der Waals surface area (Å²) in [5, 5.41) is 5.24. The van der Waals surface area contributed by atoms with Gasteiger partial charge < -0.3 is 28.9 Å². The first-order valence-corrected chi connectivity index (χ1v) is 10.3. The van der Waals surface area contributed by atoms with Gasteiger partial charge in [0.2, 0.25) is 0 Å². The Labute approximate surface area is 194 Å². The summed E-state index contributed by atoms with van der Waals surface area (Å²) in [5.41, 5.74) is -0.394. The largest absolute Gasteiger partial charge is 0.467 e. The van der Waals surface area contributed by atoms with Crippen molar-refractivity contribution in [3.05, 3.63) is 77.9 Å². The molecule has 3 aromatic rings. The van der Waals surface area contributed by atoms with Gasteiger partial charge in [-0.15, -0.1) is 0 Å². The number of aromatic nitrogens is 1. The summed E-state index contributed by atoms with van der Waals surface area (Å²) in [6.07, 6.45) is 2.96. The summed E-state index contributed by atoms with van der Waals surface area (Å²) in [7, 11) is 0. The van der Waals surface area contributed by atoms with E-state index in [1.807, 2.05) is 0 Å². The molecule has 3 rings (SSSR count). The molecule has 0 aromatic carbocycles. The summed E-state index contributed by atoms with van der Waals surface area (Å²) in [6, 6.07) is 10.0. The lowest BCUT2D eigenvalue weighted by Gasteiger charge is -2.12. The average molecular weight is 469 g/mol. The van der Waals surface area contributed by atoms with Crippen molar-refractivity contribution in [3.63, 3.8) is 0 Å². The van der Waals surface area contributed by atoms with Crippen LogP contribution in [0.5, 0.6) is 0 Å². The Morgan fingerprint density at radius 1 is 0.765 bits per heavy atom. The molecule has 2 N–H and O–H groups in total. The molecule has 34 heavy (non-hydrogen) atoms. The minimum atomic E-state index is -0.902. The van der Waals surface area contributed by atoms with Gasteiger partial charge in [0.15, 0.2) is 13.2 Å². The highest BCUT2D eigenvalue weighted by Crippen LogP contribution is 2.13. The Bertz CT molecular complexity index is 1040. The Kier molecular flexibility index (Phi) is 8.16. The van der Waals surface area contributed by atoms with Gasteiger partial charge in [-0.1, -0.05) is 6.07 Å². The van der Waals surface area contributed by atoms with E-state index >= 15 is 0 Å². The normalized spacial score (nSPS) is 12.3. The molecule has 0 saturated carbocycles. The minimum absolute atomic E-state index is 0.197. The standard InChI is InChI=1S/C23H23N3O8/c1-14(18-8-4-10-31-18)24-20(27)12-33-22(29)16-6-3-7-17(26-16)23(30)34-13-21(28)25-15(2)19-9-5-11-32-19/h3-11,14-15H,12-13H2,1-2H3,(H,24,27)(H,25,28)/t14-,15+. The first kappa shape index (κ1) is 24.2. The number of pyridine rings is 1. The van der Waals surface area contributed by atoms with Crippen molar-refractivity contribution in [2.45, 2.75) is 25.9 Å². The summed E-state index contributed by atoms with van der Waals surface area (Å²) < 4.78 is 20.3. The minimum Gasteiger partial charge on any atom is -0.467 e. The number of amides is 2. The third-order valence-electron chi connectivity index (χ3n) is 4.53.